The van der Waals surface area contributed by atoms with Gasteiger partial charge in [-0.05, 0) is 43.9 Å². The van der Waals surface area contributed by atoms with E-state index in [1.54, 1.807) is 38.1 Å². The summed E-state index contributed by atoms with van der Waals surface area (Å²) in [5, 5.41) is 3.20. The first-order valence-electron chi connectivity index (χ1n) is 10.5. The number of ether oxygens (including phenoxy) is 3. The molecule has 0 saturated carbocycles. The molecule has 0 amide bonds. The maximum Gasteiger partial charge on any atom is 0.336 e. The summed E-state index contributed by atoms with van der Waals surface area (Å²) in [7, 11) is 1.25. The summed E-state index contributed by atoms with van der Waals surface area (Å²) in [6, 6.07) is 6.60. The highest BCUT2D eigenvalue weighted by Crippen LogP contribution is 2.45. The zero-order chi connectivity index (χ0) is 23.6. The third-order valence-electron chi connectivity index (χ3n) is 5.71. The maximum atomic E-state index is 13.6. The highest BCUT2D eigenvalue weighted by Gasteiger charge is 2.47. The van der Waals surface area contributed by atoms with E-state index < -0.39 is 29.7 Å². The van der Waals surface area contributed by atoms with Crippen LogP contribution in [-0.2, 0) is 28.7 Å². The Balaban J connectivity index is 2.14. The standard InChI is InChI=1S/C24H27NO7/c1-6-31-24(29)19-13(3)25-17-11-12(2)18(23(28)30-5)22(27)21(17)20(19)15-7-9-16(10-8-15)32-14(4)26/h7-10,12,18,20,25H,6,11H2,1-5H3/t12-,18+,20+/m0/s1. The van der Waals surface area contributed by atoms with Crippen LogP contribution >= 0.6 is 0 Å². The van der Waals surface area contributed by atoms with Gasteiger partial charge < -0.3 is 19.5 Å². The minimum absolute atomic E-state index is 0.176. The van der Waals surface area contributed by atoms with Crippen molar-refractivity contribution in [2.45, 2.75) is 40.0 Å². The van der Waals surface area contributed by atoms with Crippen molar-refractivity contribution in [1.82, 2.24) is 5.32 Å². The zero-order valence-electron chi connectivity index (χ0n) is 18.8. The van der Waals surface area contributed by atoms with Crippen LogP contribution in [0.4, 0.5) is 0 Å². The summed E-state index contributed by atoms with van der Waals surface area (Å²) in [5.74, 6) is -3.56. The Hall–Kier alpha value is -3.42. The fraction of sp³-hybridized carbons (Fsp3) is 0.417. The van der Waals surface area contributed by atoms with E-state index in [9.17, 15) is 19.2 Å². The first kappa shape index (κ1) is 23.2. The van der Waals surface area contributed by atoms with Gasteiger partial charge in [0.1, 0.15) is 11.7 Å². The number of ketones is 1. The average molecular weight is 441 g/mol. The molecule has 1 N–H and O–H groups in total. The predicted octanol–water partition coefficient (Wildman–Crippen LogP) is 2.79. The van der Waals surface area contributed by atoms with E-state index in [0.717, 1.165) is 0 Å². The summed E-state index contributed by atoms with van der Waals surface area (Å²) >= 11 is 0. The van der Waals surface area contributed by atoms with Gasteiger partial charge in [0.2, 0.25) is 0 Å². The number of carbonyl (C=O) groups excluding carboxylic acids is 4. The molecule has 0 bridgehead atoms. The van der Waals surface area contributed by atoms with Crippen molar-refractivity contribution < 1.29 is 33.4 Å². The number of rotatable bonds is 5. The maximum absolute atomic E-state index is 13.6. The van der Waals surface area contributed by atoms with Gasteiger partial charge >= 0.3 is 17.9 Å². The number of Topliss-reactive ketones (excluding diaryl/α,β-unsaturated/α-hetero) is 1. The molecule has 2 aliphatic rings. The third kappa shape index (κ3) is 4.30. The van der Waals surface area contributed by atoms with Crippen LogP contribution in [0, 0.1) is 11.8 Å². The fourth-order valence-electron chi connectivity index (χ4n) is 4.39. The molecule has 1 aromatic carbocycles. The molecule has 8 nitrogen and oxygen atoms in total. The van der Waals surface area contributed by atoms with E-state index in [1.165, 1.54) is 14.0 Å². The number of esters is 3. The molecule has 1 aliphatic heterocycles. The summed E-state index contributed by atoms with van der Waals surface area (Å²) in [6.45, 7) is 6.77. The van der Waals surface area contributed by atoms with Gasteiger partial charge in [-0.1, -0.05) is 19.1 Å². The number of allylic oxidation sites excluding steroid dienone is 3. The Labute approximate surface area is 186 Å². The highest BCUT2D eigenvalue weighted by molar-refractivity contribution is 6.12. The van der Waals surface area contributed by atoms with Gasteiger partial charge in [-0.25, -0.2) is 4.79 Å². The Kier molecular flexibility index (Phi) is 6.81. The molecule has 0 unspecified atom stereocenters. The summed E-state index contributed by atoms with van der Waals surface area (Å²) in [6.07, 6.45) is 0.455. The number of benzene rings is 1. The summed E-state index contributed by atoms with van der Waals surface area (Å²) in [4.78, 5) is 50.1. The molecule has 32 heavy (non-hydrogen) atoms. The van der Waals surface area contributed by atoms with Gasteiger partial charge in [0, 0.05) is 29.8 Å². The number of hydrogen-bond acceptors (Lipinski definition) is 8. The van der Waals surface area contributed by atoms with E-state index in [1.807, 2.05) is 6.92 Å². The minimum Gasteiger partial charge on any atom is -0.468 e. The smallest absolute Gasteiger partial charge is 0.336 e. The monoisotopic (exact) mass is 441 g/mol. The lowest BCUT2D eigenvalue weighted by Crippen LogP contribution is -2.43. The van der Waals surface area contributed by atoms with Crippen molar-refractivity contribution in [3.05, 3.63) is 52.4 Å². The number of hydrogen-bond donors (Lipinski definition) is 1. The highest BCUT2D eigenvalue weighted by atomic mass is 16.5. The zero-order valence-corrected chi connectivity index (χ0v) is 18.8. The number of carbonyl (C=O) groups is 4. The lowest BCUT2D eigenvalue weighted by molar-refractivity contribution is -0.151. The van der Waals surface area contributed by atoms with Gasteiger partial charge in [-0.15, -0.1) is 0 Å². The van der Waals surface area contributed by atoms with Gasteiger partial charge in [0.15, 0.2) is 5.78 Å². The minimum atomic E-state index is -0.953. The summed E-state index contributed by atoms with van der Waals surface area (Å²) < 4.78 is 15.3. The van der Waals surface area contributed by atoms with Crippen molar-refractivity contribution in [1.29, 1.82) is 0 Å². The first-order chi connectivity index (χ1) is 15.2. The predicted molar refractivity (Wildman–Crippen MR) is 114 cm³/mol. The molecule has 1 heterocycles. The first-order valence-corrected chi connectivity index (χ1v) is 10.5. The number of nitrogens with one attached hydrogen (secondary N) is 1. The Morgan fingerprint density at radius 1 is 1.16 bits per heavy atom. The van der Waals surface area contributed by atoms with Crippen molar-refractivity contribution in [2.75, 3.05) is 13.7 Å². The number of dihydropyridines is 1. The Morgan fingerprint density at radius 2 is 1.81 bits per heavy atom. The molecule has 1 aromatic rings. The van der Waals surface area contributed by atoms with E-state index in [4.69, 9.17) is 14.2 Å². The average Bonchev–Trinajstić information content (AvgIpc) is 2.72. The second kappa shape index (κ2) is 9.38. The van der Waals surface area contributed by atoms with Crippen LogP contribution in [0.2, 0.25) is 0 Å². The molecule has 3 rings (SSSR count). The Bertz CT molecular complexity index is 1020. The molecule has 0 saturated heterocycles. The summed E-state index contributed by atoms with van der Waals surface area (Å²) in [5.41, 5.74) is 2.57. The molecular weight excluding hydrogens is 414 g/mol. The van der Waals surface area contributed by atoms with E-state index in [0.29, 0.717) is 40.3 Å². The van der Waals surface area contributed by atoms with E-state index in [2.05, 4.69) is 5.32 Å². The van der Waals surface area contributed by atoms with E-state index >= 15 is 0 Å². The van der Waals surface area contributed by atoms with Crippen molar-refractivity contribution in [3.63, 3.8) is 0 Å². The lowest BCUT2D eigenvalue weighted by Gasteiger charge is -2.38. The van der Waals surface area contributed by atoms with Gasteiger partial charge in [-0.2, -0.15) is 0 Å². The molecule has 0 fully saturated rings. The van der Waals surface area contributed by atoms with Crippen molar-refractivity contribution in [3.8, 4) is 5.75 Å². The second-order valence-corrected chi connectivity index (χ2v) is 7.92. The van der Waals surface area contributed by atoms with Crippen LogP contribution in [0.25, 0.3) is 0 Å². The third-order valence-corrected chi connectivity index (χ3v) is 5.71. The van der Waals surface area contributed by atoms with Crippen molar-refractivity contribution >= 4 is 23.7 Å². The molecule has 170 valence electrons. The molecule has 0 radical (unpaired) electrons. The van der Waals surface area contributed by atoms with Gasteiger partial charge in [0.25, 0.3) is 0 Å². The van der Waals surface area contributed by atoms with Crippen LogP contribution in [0.15, 0.2) is 46.8 Å². The molecular formula is C24H27NO7. The lowest BCUT2D eigenvalue weighted by atomic mass is 9.69. The van der Waals surface area contributed by atoms with Crippen LogP contribution in [0.1, 0.15) is 45.6 Å². The van der Waals surface area contributed by atoms with Crippen LogP contribution < -0.4 is 10.1 Å². The fourth-order valence-corrected chi connectivity index (χ4v) is 4.39. The number of methoxy groups -OCH3 is 1. The van der Waals surface area contributed by atoms with Gasteiger partial charge in [-0.3, -0.25) is 14.4 Å². The quantitative estimate of drug-likeness (QED) is 0.422. The molecule has 3 atom stereocenters. The SMILES string of the molecule is CCOC(=O)C1=C(C)NC2=C(C(=O)[C@H](C(=O)OC)[C@@H](C)C2)[C@@H]1c1ccc(OC(C)=O)cc1. The largest absolute Gasteiger partial charge is 0.468 e. The van der Waals surface area contributed by atoms with Crippen molar-refractivity contribution in [2.24, 2.45) is 11.8 Å². The second-order valence-electron chi connectivity index (χ2n) is 7.92. The molecule has 0 spiro atoms. The normalized spacial score (nSPS) is 22.7. The van der Waals surface area contributed by atoms with Crippen LogP contribution in [-0.4, -0.2) is 37.4 Å². The van der Waals surface area contributed by atoms with Gasteiger partial charge in [0.05, 0.1) is 19.3 Å². The van der Waals surface area contributed by atoms with Crippen LogP contribution in [0.3, 0.4) is 0 Å². The molecule has 8 heteroatoms. The van der Waals surface area contributed by atoms with E-state index in [-0.39, 0.29) is 18.3 Å². The molecule has 0 aromatic heterocycles. The van der Waals surface area contributed by atoms with Crippen LogP contribution in [0.5, 0.6) is 5.75 Å². The topological polar surface area (TPSA) is 108 Å². The molecule has 1 aliphatic carbocycles. The Morgan fingerprint density at radius 3 is 2.38 bits per heavy atom.